The van der Waals surface area contributed by atoms with Crippen LogP contribution in [0.3, 0.4) is 0 Å². The molecule has 1 heteroatoms. The third-order valence-corrected chi connectivity index (χ3v) is 2.84. The first-order chi connectivity index (χ1) is 5.71. The Morgan fingerprint density at radius 1 is 1.38 bits per heavy atom. The monoisotopic (exact) mass is 181 g/mol. The van der Waals surface area contributed by atoms with Crippen molar-refractivity contribution in [1.82, 2.24) is 0 Å². The highest BCUT2D eigenvalue weighted by Crippen LogP contribution is 2.41. The van der Waals surface area contributed by atoms with Gasteiger partial charge in [0.25, 0.3) is 0 Å². The maximum Gasteiger partial charge on any atom is 0.0231 e. The zero-order chi connectivity index (χ0) is 10.3. The summed E-state index contributed by atoms with van der Waals surface area (Å²) in [5.74, 6) is 0. The molecule has 1 aliphatic rings. The van der Waals surface area contributed by atoms with Crippen LogP contribution >= 0.6 is 0 Å². The van der Waals surface area contributed by atoms with E-state index in [0.29, 0.717) is 5.41 Å². The number of rotatable bonds is 0. The molecule has 0 aromatic carbocycles. The maximum atomic E-state index is 6.02. The van der Waals surface area contributed by atoms with Crippen LogP contribution in [0.15, 0.2) is 11.6 Å². The summed E-state index contributed by atoms with van der Waals surface area (Å²) in [4.78, 5) is 0. The van der Waals surface area contributed by atoms with Gasteiger partial charge in [-0.3, -0.25) is 0 Å². The van der Waals surface area contributed by atoms with Crippen LogP contribution in [0.5, 0.6) is 0 Å². The SMILES string of the molecule is CC1(C)CC(C(C)(C)C)=CC(N)C1. The van der Waals surface area contributed by atoms with Gasteiger partial charge < -0.3 is 5.73 Å². The lowest BCUT2D eigenvalue weighted by Gasteiger charge is -2.38. The van der Waals surface area contributed by atoms with Gasteiger partial charge in [0.15, 0.2) is 0 Å². The van der Waals surface area contributed by atoms with Crippen LogP contribution in [0.4, 0.5) is 0 Å². The Labute approximate surface area is 82.4 Å². The number of hydrogen-bond acceptors (Lipinski definition) is 1. The smallest absolute Gasteiger partial charge is 0.0231 e. The van der Waals surface area contributed by atoms with Crippen molar-refractivity contribution >= 4 is 0 Å². The van der Waals surface area contributed by atoms with Crippen molar-refractivity contribution in [2.75, 3.05) is 0 Å². The van der Waals surface area contributed by atoms with Crippen molar-refractivity contribution in [1.29, 1.82) is 0 Å². The molecule has 0 amide bonds. The maximum absolute atomic E-state index is 6.02. The van der Waals surface area contributed by atoms with Crippen LogP contribution in [-0.2, 0) is 0 Å². The quantitative estimate of drug-likeness (QED) is 0.571. The van der Waals surface area contributed by atoms with Gasteiger partial charge >= 0.3 is 0 Å². The number of nitrogens with two attached hydrogens (primary N) is 1. The van der Waals surface area contributed by atoms with Gasteiger partial charge in [-0.2, -0.15) is 0 Å². The summed E-state index contributed by atoms with van der Waals surface area (Å²) >= 11 is 0. The van der Waals surface area contributed by atoms with Gasteiger partial charge in [0.05, 0.1) is 0 Å². The summed E-state index contributed by atoms with van der Waals surface area (Å²) in [6.07, 6.45) is 4.59. The van der Waals surface area contributed by atoms with E-state index in [1.165, 1.54) is 12.0 Å². The van der Waals surface area contributed by atoms with Gasteiger partial charge in [0, 0.05) is 6.04 Å². The van der Waals surface area contributed by atoms with E-state index in [1.54, 1.807) is 0 Å². The number of hydrogen-bond donors (Lipinski definition) is 1. The molecule has 0 spiro atoms. The van der Waals surface area contributed by atoms with Gasteiger partial charge in [-0.1, -0.05) is 46.3 Å². The van der Waals surface area contributed by atoms with Crippen LogP contribution in [0.1, 0.15) is 47.5 Å². The molecule has 0 saturated carbocycles. The summed E-state index contributed by atoms with van der Waals surface area (Å²) < 4.78 is 0. The summed E-state index contributed by atoms with van der Waals surface area (Å²) in [7, 11) is 0. The Bertz CT molecular complexity index is 218. The predicted molar refractivity (Wildman–Crippen MR) is 58.5 cm³/mol. The molecule has 1 unspecified atom stereocenters. The molecule has 0 heterocycles. The molecular weight excluding hydrogens is 158 g/mol. The average Bonchev–Trinajstić information content (AvgIpc) is 1.79. The first-order valence-electron chi connectivity index (χ1n) is 5.17. The number of allylic oxidation sites excluding steroid dienone is 1. The Balaban J connectivity index is 2.88. The fourth-order valence-corrected chi connectivity index (χ4v) is 2.12. The van der Waals surface area contributed by atoms with Gasteiger partial charge in [-0.15, -0.1) is 0 Å². The lowest BCUT2D eigenvalue weighted by atomic mass is 9.69. The molecule has 13 heavy (non-hydrogen) atoms. The van der Waals surface area contributed by atoms with Crippen molar-refractivity contribution in [2.45, 2.75) is 53.5 Å². The van der Waals surface area contributed by atoms with E-state index in [0.717, 1.165) is 6.42 Å². The van der Waals surface area contributed by atoms with Crippen LogP contribution in [0.25, 0.3) is 0 Å². The van der Waals surface area contributed by atoms with Crippen molar-refractivity contribution in [3.8, 4) is 0 Å². The predicted octanol–water partition coefficient (Wildman–Crippen LogP) is 3.11. The highest BCUT2D eigenvalue weighted by Gasteiger charge is 2.31. The molecule has 1 atom stereocenters. The second kappa shape index (κ2) is 3.13. The first kappa shape index (κ1) is 10.8. The van der Waals surface area contributed by atoms with Gasteiger partial charge in [-0.05, 0) is 23.7 Å². The molecule has 76 valence electrons. The fraction of sp³-hybridized carbons (Fsp3) is 0.833. The fourth-order valence-electron chi connectivity index (χ4n) is 2.12. The van der Waals surface area contributed by atoms with Gasteiger partial charge in [0.2, 0.25) is 0 Å². The summed E-state index contributed by atoms with van der Waals surface area (Å²) in [5, 5.41) is 0. The third-order valence-electron chi connectivity index (χ3n) is 2.84. The van der Waals surface area contributed by atoms with Crippen LogP contribution in [-0.4, -0.2) is 6.04 Å². The highest BCUT2D eigenvalue weighted by atomic mass is 14.6. The van der Waals surface area contributed by atoms with Crippen LogP contribution < -0.4 is 5.73 Å². The van der Waals surface area contributed by atoms with E-state index < -0.39 is 0 Å². The second-order valence-electron chi connectivity index (χ2n) is 6.15. The molecule has 1 nitrogen and oxygen atoms in total. The molecule has 2 N–H and O–H groups in total. The largest absolute Gasteiger partial charge is 0.324 e. The molecule has 0 bridgehead atoms. The average molecular weight is 181 g/mol. The third kappa shape index (κ3) is 2.84. The van der Waals surface area contributed by atoms with Crippen molar-refractivity contribution in [2.24, 2.45) is 16.6 Å². The zero-order valence-corrected chi connectivity index (χ0v) is 9.65. The Hall–Kier alpha value is -0.300. The molecule has 0 radical (unpaired) electrons. The standard InChI is InChI=1S/C12H23N/c1-11(2,3)9-6-10(13)8-12(4,5)7-9/h6,10H,7-8,13H2,1-5H3. The minimum absolute atomic E-state index is 0.262. The minimum Gasteiger partial charge on any atom is -0.324 e. The molecule has 0 aliphatic heterocycles. The van der Waals surface area contributed by atoms with Gasteiger partial charge in [0.1, 0.15) is 0 Å². The van der Waals surface area contributed by atoms with Crippen LogP contribution in [0, 0.1) is 10.8 Å². The second-order valence-corrected chi connectivity index (χ2v) is 6.15. The molecule has 0 aromatic heterocycles. The summed E-state index contributed by atoms with van der Waals surface area (Å²) in [6.45, 7) is 11.4. The van der Waals surface area contributed by atoms with Crippen LogP contribution in [0.2, 0.25) is 0 Å². The Morgan fingerprint density at radius 2 is 1.92 bits per heavy atom. The lowest BCUT2D eigenvalue weighted by molar-refractivity contribution is 0.272. The summed E-state index contributed by atoms with van der Waals surface area (Å²) in [6, 6.07) is 0.262. The molecule has 0 saturated heterocycles. The minimum atomic E-state index is 0.262. The van der Waals surface area contributed by atoms with Gasteiger partial charge in [-0.25, -0.2) is 0 Å². The highest BCUT2D eigenvalue weighted by molar-refractivity contribution is 5.19. The van der Waals surface area contributed by atoms with E-state index in [9.17, 15) is 0 Å². The first-order valence-corrected chi connectivity index (χ1v) is 5.17. The van der Waals surface area contributed by atoms with Crippen molar-refractivity contribution in [3.63, 3.8) is 0 Å². The summed E-state index contributed by atoms with van der Waals surface area (Å²) in [5.41, 5.74) is 8.22. The van der Waals surface area contributed by atoms with E-state index in [2.05, 4.69) is 40.7 Å². The Kier molecular flexibility index (Phi) is 2.59. The molecule has 1 aliphatic carbocycles. The van der Waals surface area contributed by atoms with E-state index in [1.807, 2.05) is 0 Å². The molecule has 1 rings (SSSR count). The van der Waals surface area contributed by atoms with Crippen molar-refractivity contribution < 1.29 is 0 Å². The van der Waals surface area contributed by atoms with E-state index in [4.69, 9.17) is 5.73 Å². The molecule has 0 fully saturated rings. The molecule has 0 aromatic rings. The van der Waals surface area contributed by atoms with E-state index >= 15 is 0 Å². The topological polar surface area (TPSA) is 26.0 Å². The molecular formula is C12H23N. The van der Waals surface area contributed by atoms with Crippen molar-refractivity contribution in [3.05, 3.63) is 11.6 Å². The normalized spacial score (nSPS) is 28.5. The Morgan fingerprint density at radius 3 is 2.31 bits per heavy atom. The zero-order valence-electron chi connectivity index (χ0n) is 9.65. The lowest BCUT2D eigenvalue weighted by Crippen LogP contribution is -2.33. The van der Waals surface area contributed by atoms with E-state index in [-0.39, 0.29) is 11.5 Å².